The van der Waals surface area contributed by atoms with E-state index in [4.69, 9.17) is 15.2 Å². The summed E-state index contributed by atoms with van der Waals surface area (Å²) in [6, 6.07) is 7.43. The molecule has 0 fully saturated rings. The first kappa shape index (κ1) is 13.8. The Morgan fingerprint density at radius 2 is 1.95 bits per heavy atom. The maximum Gasteiger partial charge on any atom is 0.219 e. The van der Waals surface area contributed by atoms with Crippen LogP contribution in [0.15, 0.2) is 34.9 Å². The van der Waals surface area contributed by atoms with Gasteiger partial charge in [-0.25, -0.2) is 4.98 Å². The van der Waals surface area contributed by atoms with Crippen molar-refractivity contribution in [1.82, 2.24) is 4.98 Å². The highest BCUT2D eigenvalue weighted by Gasteiger charge is 2.05. The van der Waals surface area contributed by atoms with Crippen molar-refractivity contribution in [1.29, 1.82) is 0 Å². The fourth-order valence-corrected chi connectivity index (χ4v) is 1.83. The van der Waals surface area contributed by atoms with Crippen LogP contribution in [0.4, 0.5) is 0 Å². The summed E-state index contributed by atoms with van der Waals surface area (Å²) >= 11 is 3.41. The van der Waals surface area contributed by atoms with E-state index in [0.29, 0.717) is 23.9 Å². The Labute approximate surface area is 120 Å². The molecule has 4 nitrogen and oxygen atoms in total. The van der Waals surface area contributed by atoms with E-state index in [1.54, 1.807) is 19.4 Å². The van der Waals surface area contributed by atoms with E-state index in [-0.39, 0.29) is 0 Å². The van der Waals surface area contributed by atoms with Crippen molar-refractivity contribution < 1.29 is 9.47 Å². The molecule has 0 saturated carbocycles. The minimum Gasteiger partial charge on any atom is -0.497 e. The van der Waals surface area contributed by atoms with E-state index in [1.165, 1.54) is 0 Å². The maximum absolute atomic E-state index is 5.73. The molecule has 0 saturated heterocycles. The van der Waals surface area contributed by atoms with Crippen LogP contribution >= 0.6 is 15.9 Å². The van der Waals surface area contributed by atoms with Crippen molar-refractivity contribution in [2.45, 2.75) is 13.5 Å². The first-order valence-corrected chi connectivity index (χ1v) is 6.59. The van der Waals surface area contributed by atoms with Gasteiger partial charge in [-0.2, -0.15) is 0 Å². The lowest BCUT2D eigenvalue weighted by Crippen LogP contribution is -1.98. The molecule has 0 bridgehead atoms. The number of hydrogen-bond acceptors (Lipinski definition) is 4. The smallest absolute Gasteiger partial charge is 0.219 e. The van der Waals surface area contributed by atoms with Gasteiger partial charge in [-0.15, -0.1) is 0 Å². The summed E-state index contributed by atoms with van der Waals surface area (Å²) in [5, 5.41) is 0. The molecule has 0 atom stereocenters. The SMILES string of the molecule is COc1cc(CN)cc(Oc2cc(C)c(Br)cn2)c1. The van der Waals surface area contributed by atoms with Gasteiger partial charge in [0.25, 0.3) is 0 Å². The van der Waals surface area contributed by atoms with Gasteiger partial charge in [0, 0.05) is 29.3 Å². The molecule has 1 aromatic carbocycles. The van der Waals surface area contributed by atoms with Gasteiger partial charge in [-0.3, -0.25) is 0 Å². The third-order valence-corrected chi connectivity index (χ3v) is 3.49. The molecule has 0 spiro atoms. The van der Waals surface area contributed by atoms with Crippen molar-refractivity contribution in [3.63, 3.8) is 0 Å². The van der Waals surface area contributed by atoms with Crippen molar-refractivity contribution in [3.05, 3.63) is 46.1 Å². The second-order valence-electron chi connectivity index (χ2n) is 4.09. The molecule has 19 heavy (non-hydrogen) atoms. The molecule has 0 radical (unpaired) electrons. The lowest BCUT2D eigenvalue weighted by atomic mass is 10.2. The van der Waals surface area contributed by atoms with Crippen LogP contribution in [-0.4, -0.2) is 12.1 Å². The van der Waals surface area contributed by atoms with Crippen LogP contribution in [-0.2, 0) is 6.54 Å². The van der Waals surface area contributed by atoms with Crippen molar-refractivity contribution in [2.75, 3.05) is 7.11 Å². The summed E-state index contributed by atoms with van der Waals surface area (Å²) in [7, 11) is 1.61. The fraction of sp³-hybridized carbons (Fsp3) is 0.214. The molecule has 100 valence electrons. The molecule has 0 aliphatic heterocycles. The monoisotopic (exact) mass is 322 g/mol. The largest absolute Gasteiger partial charge is 0.497 e. The van der Waals surface area contributed by atoms with Gasteiger partial charge in [-0.1, -0.05) is 0 Å². The van der Waals surface area contributed by atoms with Gasteiger partial charge in [0.2, 0.25) is 5.88 Å². The number of methoxy groups -OCH3 is 1. The molecule has 1 aromatic heterocycles. The summed E-state index contributed by atoms with van der Waals surface area (Å²) in [5.74, 6) is 1.91. The third-order valence-electron chi connectivity index (χ3n) is 2.66. The summed E-state index contributed by atoms with van der Waals surface area (Å²) in [6.07, 6.45) is 1.72. The normalized spacial score (nSPS) is 10.3. The minimum absolute atomic E-state index is 0.431. The second kappa shape index (κ2) is 6.04. The van der Waals surface area contributed by atoms with Crippen LogP contribution in [0.2, 0.25) is 0 Å². The van der Waals surface area contributed by atoms with Gasteiger partial charge >= 0.3 is 0 Å². The number of aryl methyl sites for hydroxylation is 1. The Balaban J connectivity index is 2.29. The van der Waals surface area contributed by atoms with Crippen LogP contribution in [0.1, 0.15) is 11.1 Å². The Hall–Kier alpha value is -1.59. The number of aromatic nitrogens is 1. The zero-order valence-electron chi connectivity index (χ0n) is 10.8. The topological polar surface area (TPSA) is 57.4 Å². The average molecular weight is 323 g/mol. The van der Waals surface area contributed by atoms with Gasteiger partial charge in [0.1, 0.15) is 11.5 Å². The van der Waals surface area contributed by atoms with Crippen LogP contribution in [0, 0.1) is 6.92 Å². The summed E-state index contributed by atoms with van der Waals surface area (Å²) < 4.78 is 11.9. The number of pyridine rings is 1. The molecular formula is C14H15BrN2O2. The number of ether oxygens (including phenoxy) is 2. The number of benzene rings is 1. The van der Waals surface area contributed by atoms with Gasteiger partial charge in [0.15, 0.2) is 0 Å². The molecule has 0 aliphatic carbocycles. The van der Waals surface area contributed by atoms with Crippen LogP contribution in [0.25, 0.3) is 0 Å². The van der Waals surface area contributed by atoms with Gasteiger partial charge < -0.3 is 15.2 Å². The predicted octanol–water partition coefficient (Wildman–Crippen LogP) is 3.41. The quantitative estimate of drug-likeness (QED) is 0.937. The van der Waals surface area contributed by atoms with Gasteiger partial charge in [0.05, 0.1) is 7.11 Å². The molecule has 1 heterocycles. The first-order valence-electron chi connectivity index (χ1n) is 5.80. The van der Waals surface area contributed by atoms with E-state index in [1.807, 2.05) is 25.1 Å². The van der Waals surface area contributed by atoms with E-state index in [0.717, 1.165) is 15.6 Å². The standard InChI is InChI=1S/C14H15BrN2O2/c1-9-3-14(17-8-13(9)15)19-12-5-10(7-16)4-11(6-12)18-2/h3-6,8H,7,16H2,1-2H3. The number of rotatable bonds is 4. The highest BCUT2D eigenvalue weighted by Crippen LogP contribution is 2.27. The molecule has 0 amide bonds. The molecule has 2 aromatic rings. The maximum atomic E-state index is 5.73. The van der Waals surface area contributed by atoms with E-state index < -0.39 is 0 Å². The van der Waals surface area contributed by atoms with Crippen molar-refractivity contribution >= 4 is 15.9 Å². The zero-order valence-corrected chi connectivity index (χ0v) is 12.4. The molecule has 0 unspecified atom stereocenters. The Bertz CT molecular complexity index is 565. The summed E-state index contributed by atoms with van der Waals surface area (Å²) in [6.45, 7) is 2.41. The average Bonchev–Trinajstić information content (AvgIpc) is 2.42. The highest BCUT2D eigenvalue weighted by molar-refractivity contribution is 9.10. The van der Waals surface area contributed by atoms with E-state index in [9.17, 15) is 0 Å². The Kier molecular flexibility index (Phi) is 4.39. The van der Waals surface area contributed by atoms with Crippen molar-refractivity contribution in [3.8, 4) is 17.4 Å². The predicted molar refractivity (Wildman–Crippen MR) is 77.6 cm³/mol. The lowest BCUT2D eigenvalue weighted by Gasteiger charge is -2.09. The molecular weight excluding hydrogens is 308 g/mol. The number of nitrogens with two attached hydrogens (primary N) is 1. The number of halogens is 1. The van der Waals surface area contributed by atoms with Crippen LogP contribution in [0.3, 0.4) is 0 Å². The Morgan fingerprint density at radius 1 is 1.21 bits per heavy atom. The summed E-state index contributed by atoms with van der Waals surface area (Å²) in [4.78, 5) is 4.20. The molecule has 0 aliphatic rings. The highest BCUT2D eigenvalue weighted by atomic mass is 79.9. The number of nitrogens with zero attached hydrogens (tertiary/aromatic N) is 1. The second-order valence-corrected chi connectivity index (χ2v) is 4.95. The third kappa shape index (κ3) is 3.45. The number of hydrogen-bond donors (Lipinski definition) is 1. The minimum atomic E-state index is 0.431. The van der Waals surface area contributed by atoms with Crippen LogP contribution in [0.5, 0.6) is 17.4 Å². The van der Waals surface area contributed by atoms with Crippen LogP contribution < -0.4 is 15.2 Å². The Morgan fingerprint density at radius 3 is 2.58 bits per heavy atom. The fourth-order valence-electron chi connectivity index (χ4n) is 1.62. The lowest BCUT2D eigenvalue weighted by molar-refractivity contribution is 0.406. The zero-order chi connectivity index (χ0) is 13.8. The van der Waals surface area contributed by atoms with E-state index in [2.05, 4.69) is 20.9 Å². The molecule has 2 rings (SSSR count). The molecule has 5 heteroatoms. The van der Waals surface area contributed by atoms with E-state index >= 15 is 0 Å². The molecule has 2 N–H and O–H groups in total. The van der Waals surface area contributed by atoms with Crippen molar-refractivity contribution in [2.24, 2.45) is 5.73 Å². The summed E-state index contributed by atoms with van der Waals surface area (Å²) in [5.41, 5.74) is 7.66. The van der Waals surface area contributed by atoms with Gasteiger partial charge in [-0.05, 0) is 46.1 Å². The first-order chi connectivity index (χ1) is 9.12.